The summed E-state index contributed by atoms with van der Waals surface area (Å²) in [6.45, 7) is 2.40. The molecule has 0 radical (unpaired) electrons. The molecular formula is C13H17BrN2O2S. The fourth-order valence-electron chi connectivity index (χ4n) is 1.74. The van der Waals surface area contributed by atoms with Gasteiger partial charge < -0.3 is 0 Å². The summed E-state index contributed by atoms with van der Waals surface area (Å²) in [5, 5.41) is 8.42. The summed E-state index contributed by atoms with van der Waals surface area (Å²) in [4.78, 5) is 0. The normalized spacial score (nSPS) is 12.9. The van der Waals surface area contributed by atoms with E-state index >= 15 is 0 Å². The molecule has 104 valence electrons. The van der Waals surface area contributed by atoms with E-state index in [0.29, 0.717) is 6.54 Å². The molecule has 1 atom stereocenters. The molecule has 0 aliphatic heterocycles. The molecule has 1 rings (SSSR count). The lowest BCUT2D eigenvalue weighted by Crippen LogP contribution is -2.31. The number of rotatable bonds is 7. The van der Waals surface area contributed by atoms with Crippen LogP contribution >= 0.6 is 15.9 Å². The molecule has 0 aliphatic rings. The van der Waals surface area contributed by atoms with Gasteiger partial charge in [-0.05, 0) is 30.0 Å². The number of benzene rings is 1. The molecule has 0 unspecified atom stereocenters. The number of nitrogens with zero attached hydrogens (tertiary/aromatic N) is 1. The minimum Gasteiger partial charge on any atom is -0.214 e. The van der Waals surface area contributed by atoms with Gasteiger partial charge in [0.05, 0.1) is 6.07 Å². The molecule has 0 amide bonds. The smallest absolute Gasteiger partial charge is 0.214 e. The van der Waals surface area contributed by atoms with Crippen molar-refractivity contribution in [3.63, 3.8) is 0 Å². The molecule has 0 spiro atoms. The Labute approximate surface area is 123 Å². The maximum absolute atomic E-state index is 11.4. The van der Waals surface area contributed by atoms with Crippen LogP contribution in [0.5, 0.6) is 0 Å². The summed E-state index contributed by atoms with van der Waals surface area (Å²) < 4.78 is 26.3. The van der Waals surface area contributed by atoms with Crippen molar-refractivity contribution in [2.45, 2.75) is 19.8 Å². The van der Waals surface area contributed by atoms with Gasteiger partial charge in [0.2, 0.25) is 10.0 Å². The molecule has 0 aliphatic carbocycles. The van der Waals surface area contributed by atoms with Crippen LogP contribution in [0.15, 0.2) is 28.7 Å². The summed E-state index contributed by atoms with van der Waals surface area (Å²) in [6, 6.07) is 9.63. The van der Waals surface area contributed by atoms with Gasteiger partial charge in [-0.1, -0.05) is 41.4 Å². The summed E-state index contributed by atoms with van der Waals surface area (Å²) in [5.41, 5.74) is 1.17. The van der Waals surface area contributed by atoms with Crippen LogP contribution < -0.4 is 4.72 Å². The lowest BCUT2D eigenvalue weighted by Gasteiger charge is -2.15. The molecule has 0 saturated heterocycles. The Morgan fingerprint density at radius 3 is 2.79 bits per heavy atom. The van der Waals surface area contributed by atoms with Crippen LogP contribution in [0.25, 0.3) is 0 Å². The first-order valence-corrected chi connectivity index (χ1v) is 8.50. The molecule has 0 bridgehead atoms. The van der Waals surface area contributed by atoms with Crippen molar-refractivity contribution in [2.24, 2.45) is 5.92 Å². The Kier molecular flexibility index (Phi) is 6.49. The Hall–Kier alpha value is -0.900. The first kappa shape index (κ1) is 16.2. The number of sulfonamides is 1. The second-order valence-electron chi connectivity index (χ2n) is 4.37. The molecule has 0 fully saturated rings. The van der Waals surface area contributed by atoms with Crippen molar-refractivity contribution in [1.29, 1.82) is 5.26 Å². The maximum Gasteiger partial charge on any atom is 0.225 e. The van der Waals surface area contributed by atoms with E-state index in [1.807, 2.05) is 31.2 Å². The van der Waals surface area contributed by atoms with E-state index < -0.39 is 15.8 Å². The molecule has 1 aromatic rings. The van der Waals surface area contributed by atoms with Gasteiger partial charge in [0, 0.05) is 11.0 Å². The van der Waals surface area contributed by atoms with Gasteiger partial charge >= 0.3 is 0 Å². The second kappa shape index (κ2) is 7.63. The third-order valence-corrected chi connectivity index (χ3v) is 4.45. The van der Waals surface area contributed by atoms with Gasteiger partial charge in [0.1, 0.15) is 0 Å². The van der Waals surface area contributed by atoms with Crippen LogP contribution in [0, 0.1) is 17.2 Å². The fourth-order valence-corrected chi connectivity index (χ4v) is 2.95. The van der Waals surface area contributed by atoms with Crippen LogP contribution in [0.3, 0.4) is 0 Å². The average molecular weight is 345 g/mol. The maximum atomic E-state index is 11.4. The summed E-state index contributed by atoms with van der Waals surface area (Å²) in [6.07, 6.45) is 1.69. The molecule has 6 heteroatoms. The van der Waals surface area contributed by atoms with E-state index in [-0.39, 0.29) is 5.92 Å². The first-order chi connectivity index (χ1) is 8.96. The number of hydrogen-bond acceptors (Lipinski definition) is 3. The topological polar surface area (TPSA) is 70.0 Å². The summed E-state index contributed by atoms with van der Waals surface area (Å²) >= 11 is 3.42. The van der Waals surface area contributed by atoms with Crippen LogP contribution in [0.1, 0.15) is 18.9 Å². The molecular weight excluding hydrogens is 328 g/mol. The quantitative estimate of drug-likeness (QED) is 0.825. The number of nitriles is 1. The SMILES string of the molecule is CC[C@@H](CNS(=O)(=O)CC#N)Cc1cccc(Br)c1. The highest BCUT2D eigenvalue weighted by molar-refractivity contribution is 9.10. The zero-order valence-electron chi connectivity index (χ0n) is 10.8. The highest BCUT2D eigenvalue weighted by atomic mass is 79.9. The Balaban J connectivity index is 2.58. The van der Waals surface area contributed by atoms with Crippen molar-refractivity contribution < 1.29 is 8.42 Å². The van der Waals surface area contributed by atoms with Gasteiger partial charge in [-0.3, -0.25) is 0 Å². The predicted molar refractivity (Wildman–Crippen MR) is 79.0 cm³/mol. The zero-order valence-corrected chi connectivity index (χ0v) is 13.2. The zero-order chi connectivity index (χ0) is 14.3. The van der Waals surface area contributed by atoms with Crippen LogP contribution in [-0.2, 0) is 16.4 Å². The van der Waals surface area contributed by atoms with E-state index in [9.17, 15) is 8.42 Å². The third-order valence-electron chi connectivity index (χ3n) is 2.84. The number of nitrogens with one attached hydrogen (secondary N) is 1. The van der Waals surface area contributed by atoms with Crippen molar-refractivity contribution in [1.82, 2.24) is 4.72 Å². The molecule has 1 aromatic carbocycles. The summed E-state index contributed by atoms with van der Waals surface area (Å²) in [7, 11) is -3.46. The van der Waals surface area contributed by atoms with Crippen molar-refractivity contribution in [3.8, 4) is 6.07 Å². The van der Waals surface area contributed by atoms with Gasteiger partial charge in [-0.2, -0.15) is 5.26 Å². The molecule has 0 aromatic heterocycles. The second-order valence-corrected chi connectivity index (χ2v) is 7.10. The fraction of sp³-hybridized carbons (Fsp3) is 0.462. The van der Waals surface area contributed by atoms with Gasteiger partial charge in [0.15, 0.2) is 5.75 Å². The minimum atomic E-state index is -3.46. The van der Waals surface area contributed by atoms with E-state index in [1.165, 1.54) is 5.56 Å². The Morgan fingerprint density at radius 2 is 2.21 bits per heavy atom. The standard InChI is InChI=1S/C13H17BrN2O2S/c1-2-11(10-16-19(17,18)7-6-15)8-12-4-3-5-13(14)9-12/h3-5,9,11,16H,2,7-8,10H2,1H3/t11-/m1/s1. The van der Waals surface area contributed by atoms with Crippen LogP contribution in [0.2, 0.25) is 0 Å². The molecule has 0 heterocycles. The van der Waals surface area contributed by atoms with Crippen molar-refractivity contribution in [3.05, 3.63) is 34.3 Å². The molecule has 0 saturated carbocycles. The predicted octanol–water partition coefficient (Wildman–Crippen LogP) is 2.46. The largest absolute Gasteiger partial charge is 0.225 e. The van der Waals surface area contributed by atoms with Crippen LogP contribution in [0.4, 0.5) is 0 Å². The van der Waals surface area contributed by atoms with E-state index in [2.05, 4.69) is 20.7 Å². The van der Waals surface area contributed by atoms with E-state index in [4.69, 9.17) is 5.26 Å². The lowest BCUT2D eigenvalue weighted by atomic mass is 9.97. The Bertz CT molecular complexity index is 552. The number of halogens is 1. The lowest BCUT2D eigenvalue weighted by molar-refractivity contribution is 0.490. The highest BCUT2D eigenvalue weighted by Gasteiger charge is 2.13. The van der Waals surface area contributed by atoms with Gasteiger partial charge in [-0.15, -0.1) is 0 Å². The van der Waals surface area contributed by atoms with E-state index in [0.717, 1.165) is 17.3 Å². The summed E-state index contributed by atoms with van der Waals surface area (Å²) in [5.74, 6) is -0.261. The third kappa shape index (κ3) is 6.19. The number of hydrogen-bond donors (Lipinski definition) is 1. The van der Waals surface area contributed by atoms with Crippen LogP contribution in [-0.4, -0.2) is 20.7 Å². The van der Waals surface area contributed by atoms with Crippen molar-refractivity contribution in [2.75, 3.05) is 12.3 Å². The Morgan fingerprint density at radius 1 is 1.47 bits per heavy atom. The molecule has 4 nitrogen and oxygen atoms in total. The molecule has 19 heavy (non-hydrogen) atoms. The first-order valence-electron chi connectivity index (χ1n) is 6.05. The van der Waals surface area contributed by atoms with Gasteiger partial charge in [-0.25, -0.2) is 13.1 Å². The molecule has 1 N–H and O–H groups in total. The monoisotopic (exact) mass is 344 g/mol. The minimum absolute atomic E-state index is 0.225. The van der Waals surface area contributed by atoms with E-state index in [1.54, 1.807) is 6.07 Å². The van der Waals surface area contributed by atoms with Gasteiger partial charge in [0.25, 0.3) is 0 Å². The van der Waals surface area contributed by atoms with Crippen molar-refractivity contribution >= 4 is 26.0 Å². The average Bonchev–Trinajstić information content (AvgIpc) is 2.34. The highest BCUT2D eigenvalue weighted by Crippen LogP contribution is 2.16.